The maximum atomic E-state index is 11.1. The molecule has 0 amide bonds. The van der Waals surface area contributed by atoms with Gasteiger partial charge >= 0.3 is 0 Å². The third-order valence-corrected chi connectivity index (χ3v) is 1.31. The summed E-state index contributed by atoms with van der Waals surface area (Å²) >= 11 is 0. The van der Waals surface area contributed by atoms with Crippen molar-refractivity contribution in [2.75, 3.05) is 13.7 Å². The first-order valence-electron chi connectivity index (χ1n) is 3.34. The molecule has 0 aliphatic rings. The number of nitrogens with zero attached hydrogens (tertiary/aromatic N) is 2. The molecule has 60 valence electrons. The highest BCUT2D eigenvalue weighted by Gasteiger charge is 2.01. The van der Waals surface area contributed by atoms with Crippen LogP contribution in [0, 0.1) is 0 Å². The van der Waals surface area contributed by atoms with Crippen molar-refractivity contribution in [3.8, 4) is 0 Å². The Labute approximate surface area is 64.8 Å². The number of hydrogen-bond acceptors (Lipinski definition) is 3. The van der Waals surface area contributed by atoms with Crippen molar-refractivity contribution in [1.82, 2.24) is 9.55 Å². The van der Waals surface area contributed by atoms with E-state index in [0.29, 0.717) is 13.0 Å². The van der Waals surface area contributed by atoms with Gasteiger partial charge in [-0.2, -0.15) is 0 Å². The van der Waals surface area contributed by atoms with Gasteiger partial charge in [-0.25, -0.2) is 4.98 Å². The van der Waals surface area contributed by atoms with Gasteiger partial charge in [0, 0.05) is 19.5 Å². The smallest absolute Gasteiger partial charge is 0.234 e. The monoisotopic (exact) mass is 154 g/mol. The molecule has 0 aliphatic heterocycles. The van der Waals surface area contributed by atoms with Crippen molar-refractivity contribution < 1.29 is 9.53 Å². The second-order valence-electron chi connectivity index (χ2n) is 2.11. The molecule has 0 saturated carbocycles. The predicted octanol–water partition coefficient (Wildman–Crippen LogP) is 0.560. The molecule has 4 heteroatoms. The molecule has 0 bridgehead atoms. The van der Waals surface area contributed by atoms with E-state index in [-0.39, 0.29) is 5.91 Å². The van der Waals surface area contributed by atoms with Crippen LogP contribution in [-0.2, 0) is 4.74 Å². The Morgan fingerprint density at radius 1 is 1.73 bits per heavy atom. The Kier molecular flexibility index (Phi) is 2.80. The molecule has 1 aromatic heterocycles. The minimum Gasteiger partial charge on any atom is -0.384 e. The molecule has 0 atom stereocenters. The van der Waals surface area contributed by atoms with Crippen molar-refractivity contribution in [1.29, 1.82) is 0 Å². The summed E-state index contributed by atoms with van der Waals surface area (Å²) in [6.45, 7) is 0.455. The summed E-state index contributed by atoms with van der Waals surface area (Å²) in [6.07, 6.45) is 5.08. The van der Waals surface area contributed by atoms with Crippen molar-refractivity contribution in [2.24, 2.45) is 0 Å². The zero-order valence-electron chi connectivity index (χ0n) is 6.36. The van der Waals surface area contributed by atoms with Gasteiger partial charge in [0.15, 0.2) is 0 Å². The van der Waals surface area contributed by atoms with Crippen LogP contribution in [0.15, 0.2) is 18.7 Å². The van der Waals surface area contributed by atoms with Crippen LogP contribution >= 0.6 is 0 Å². The van der Waals surface area contributed by atoms with Crippen LogP contribution in [0.1, 0.15) is 11.2 Å². The highest BCUT2D eigenvalue weighted by Crippen LogP contribution is 1.90. The molecule has 0 saturated heterocycles. The normalized spacial score (nSPS) is 9.91. The average Bonchev–Trinajstić information content (AvgIpc) is 2.52. The van der Waals surface area contributed by atoms with Crippen LogP contribution in [0.25, 0.3) is 0 Å². The van der Waals surface area contributed by atoms with Crippen molar-refractivity contribution in [3.05, 3.63) is 18.7 Å². The highest BCUT2D eigenvalue weighted by molar-refractivity contribution is 5.78. The summed E-state index contributed by atoms with van der Waals surface area (Å²) in [6, 6.07) is 0. The van der Waals surface area contributed by atoms with Gasteiger partial charge in [-0.3, -0.25) is 9.36 Å². The first-order valence-corrected chi connectivity index (χ1v) is 3.34. The summed E-state index contributed by atoms with van der Waals surface area (Å²) < 4.78 is 6.20. The van der Waals surface area contributed by atoms with E-state index in [0.717, 1.165) is 0 Å². The van der Waals surface area contributed by atoms with E-state index in [1.54, 1.807) is 19.5 Å². The molecule has 0 fully saturated rings. The summed E-state index contributed by atoms with van der Waals surface area (Å²) in [5.41, 5.74) is 0. The molecule has 4 nitrogen and oxygen atoms in total. The summed E-state index contributed by atoms with van der Waals surface area (Å²) in [5.74, 6) is 0.00403. The quantitative estimate of drug-likeness (QED) is 0.639. The van der Waals surface area contributed by atoms with Crippen LogP contribution in [0.4, 0.5) is 0 Å². The first-order chi connectivity index (χ1) is 5.34. The van der Waals surface area contributed by atoms with E-state index >= 15 is 0 Å². The number of carbonyl (C=O) groups excluding carboxylic acids is 1. The molecule has 1 rings (SSSR count). The van der Waals surface area contributed by atoms with E-state index in [2.05, 4.69) is 4.98 Å². The third kappa shape index (κ3) is 2.16. The number of methoxy groups -OCH3 is 1. The Hall–Kier alpha value is -1.16. The standard InChI is InChI=1S/C7H10N2O2/c1-11-5-2-7(10)9-4-3-8-6-9/h3-4,6H,2,5H2,1H3. The lowest BCUT2D eigenvalue weighted by atomic mass is 10.4. The van der Waals surface area contributed by atoms with Gasteiger partial charge in [0.05, 0.1) is 13.0 Å². The molecule has 0 aliphatic carbocycles. The highest BCUT2D eigenvalue weighted by atomic mass is 16.5. The molecule has 0 aromatic carbocycles. The SMILES string of the molecule is COCCC(=O)n1ccnc1. The third-order valence-electron chi connectivity index (χ3n) is 1.31. The van der Waals surface area contributed by atoms with Crippen LogP contribution in [0.2, 0.25) is 0 Å². The number of aromatic nitrogens is 2. The summed E-state index contributed by atoms with van der Waals surface area (Å²) in [4.78, 5) is 14.9. The van der Waals surface area contributed by atoms with Crippen LogP contribution in [0.5, 0.6) is 0 Å². The molecule has 11 heavy (non-hydrogen) atoms. The first kappa shape index (κ1) is 7.94. The molecule has 0 spiro atoms. The zero-order chi connectivity index (χ0) is 8.10. The number of rotatable bonds is 3. The molecule has 1 heterocycles. The summed E-state index contributed by atoms with van der Waals surface area (Å²) in [7, 11) is 1.57. The van der Waals surface area contributed by atoms with Crippen molar-refractivity contribution in [3.63, 3.8) is 0 Å². The number of imidazole rings is 1. The maximum Gasteiger partial charge on any atom is 0.234 e. The molecule has 0 unspecified atom stereocenters. The van der Waals surface area contributed by atoms with E-state index in [9.17, 15) is 4.79 Å². The second-order valence-corrected chi connectivity index (χ2v) is 2.11. The Morgan fingerprint density at radius 3 is 3.09 bits per heavy atom. The van der Waals surface area contributed by atoms with Crippen LogP contribution in [0.3, 0.4) is 0 Å². The molecule has 0 N–H and O–H groups in total. The molecular formula is C7H10N2O2. The Balaban J connectivity index is 2.43. The minimum absolute atomic E-state index is 0.00403. The van der Waals surface area contributed by atoms with E-state index in [4.69, 9.17) is 4.74 Å². The van der Waals surface area contributed by atoms with Gasteiger partial charge in [-0.15, -0.1) is 0 Å². The van der Waals surface area contributed by atoms with Gasteiger partial charge in [0.2, 0.25) is 5.91 Å². The topological polar surface area (TPSA) is 44.1 Å². The van der Waals surface area contributed by atoms with Crippen LogP contribution < -0.4 is 0 Å². The lowest BCUT2D eigenvalue weighted by Gasteiger charge is -1.98. The largest absolute Gasteiger partial charge is 0.384 e. The van der Waals surface area contributed by atoms with Crippen molar-refractivity contribution in [2.45, 2.75) is 6.42 Å². The fraction of sp³-hybridized carbons (Fsp3) is 0.429. The zero-order valence-corrected chi connectivity index (χ0v) is 6.36. The lowest BCUT2D eigenvalue weighted by molar-refractivity contribution is 0.0851. The van der Waals surface area contributed by atoms with E-state index in [1.165, 1.54) is 10.9 Å². The Morgan fingerprint density at radius 2 is 2.55 bits per heavy atom. The fourth-order valence-corrected chi connectivity index (χ4v) is 0.725. The lowest BCUT2D eigenvalue weighted by Crippen LogP contribution is -2.10. The van der Waals surface area contributed by atoms with Crippen LogP contribution in [-0.4, -0.2) is 29.2 Å². The van der Waals surface area contributed by atoms with Crippen molar-refractivity contribution >= 4 is 5.91 Å². The summed E-state index contributed by atoms with van der Waals surface area (Å²) in [5, 5.41) is 0. The molecule has 0 radical (unpaired) electrons. The number of carbonyl (C=O) groups is 1. The van der Waals surface area contributed by atoms with Gasteiger partial charge in [-0.1, -0.05) is 0 Å². The fourth-order valence-electron chi connectivity index (χ4n) is 0.725. The second kappa shape index (κ2) is 3.88. The van der Waals surface area contributed by atoms with Gasteiger partial charge in [0.1, 0.15) is 6.33 Å². The van der Waals surface area contributed by atoms with E-state index in [1.807, 2.05) is 0 Å². The molecule has 1 aromatic rings. The van der Waals surface area contributed by atoms with Gasteiger partial charge in [0.25, 0.3) is 0 Å². The van der Waals surface area contributed by atoms with Gasteiger partial charge < -0.3 is 4.74 Å². The van der Waals surface area contributed by atoms with E-state index < -0.39 is 0 Å². The number of ether oxygens (including phenoxy) is 1. The predicted molar refractivity (Wildman–Crippen MR) is 39.3 cm³/mol. The average molecular weight is 154 g/mol. The number of hydrogen-bond donors (Lipinski definition) is 0. The minimum atomic E-state index is 0.00403. The Bertz CT molecular complexity index is 218. The van der Waals surface area contributed by atoms with Gasteiger partial charge in [-0.05, 0) is 0 Å². The maximum absolute atomic E-state index is 11.1. The molecular weight excluding hydrogens is 144 g/mol.